The molecule has 0 unspecified atom stereocenters. The van der Waals surface area contributed by atoms with E-state index in [0.717, 1.165) is 0 Å². The molecule has 0 saturated carbocycles. The molecule has 0 radical (unpaired) electrons. The molecule has 3 aliphatic rings. The number of pyridine rings is 2. The second kappa shape index (κ2) is 9.02. The number of rotatable bonds is 3. The highest BCUT2D eigenvalue weighted by Crippen LogP contribution is 2.42. The Morgan fingerprint density at radius 1 is 1.23 bits per heavy atom. The van der Waals surface area contributed by atoms with Crippen LogP contribution < -0.4 is 15.6 Å². The molecule has 5 heterocycles. The topological polar surface area (TPSA) is 126 Å². The number of anilines is 1. The number of fused-ring (bicyclic) bond motifs is 5. The summed E-state index contributed by atoms with van der Waals surface area (Å²) in [7, 11) is 3.57. The lowest BCUT2D eigenvalue weighted by atomic mass is 9.86. The third-order valence-electron chi connectivity index (χ3n) is 7.92. The van der Waals surface area contributed by atoms with E-state index in [1.165, 1.54) is 10.6 Å². The van der Waals surface area contributed by atoms with E-state index in [2.05, 4.69) is 15.2 Å². The monoisotopic (exact) mass is 537 g/mol. The number of nitrogens with zero attached hydrogens (tertiary/aromatic N) is 4. The van der Waals surface area contributed by atoms with Crippen molar-refractivity contribution in [2.24, 2.45) is 0 Å². The number of benzene rings is 1. The zero-order chi connectivity index (χ0) is 27.6. The Hall–Kier alpha value is -4.03. The SMILES string of the molecule is CC[C@@]1(O)C(=O)OCc2c1cc1n(c2=O)Cc2cc3c(NC)c(OC(=O)N4CCN(C)CC4)c(F)cc3nc2-1. The molecule has 1 aromatic carbocycles. The van der Waals surface area contributed by atoms with Crippen LogP contribution >= 0.6 is 0 Å². The number of aliphatic hydroxyl groups is 1. The van der Waals surface area contributed by atoms with Gasteiger partial charge in [-0.1, -0.05) is 6.92 Å². The lowest BCUT2D eigenvalue weighted by molar-refractivity contribution is -0.172. The Bertz CT molecular complexity index is 1610. The number of cyclic esters (lactones) is 1. The number of nitrogens with one attached hydrogen (secondary N) is 1. The third-order valence-corrected chi connectivity index (χ3v) is 7.92. The highest BCUT2D eigenvalue weighted by atomic mass is 19.1. The molecule has 1 amide bonds. The van der Waals surface area contributed by atoms with E-state index in [1.54, 1.807) is 31.0 Å². The molecule has 2 aromatic heterocycles. The summed E-state index contributed by atoms with van der Waals surface area (Å²) < 4.78 is 27.5. The molecule has 3 aromatic rings. The maximum absolute atomic E-state index is 15.4. The molecule has 1 fully saturated rings. The second-order valence-corrected chi connectivity index (χ2v) is 10.1. The van der Waals surface area contributed by atoms with Gasteiger partial charge in [0.15, 0.2) is 17.2 Å². The molecule has 2 N–H and O–H groups in total. The zero-order valence-corrected chi connectivity index (χ0v) is 21.8. The van der Waals surface area contributed by atoms with Crippen LogP contribution in [0.1, 0.15) is 30.0 Å². The maximum atomic E-state index is 15.4. The molecular formula is C27H28FN5O6. The number of hydrogen-bond donors (Lipinski definition) is 2. The van der Waals surface area contributed by atoms with E-state index in [0.29, 0.717) is 54.0 Å². The van der Waals surface area contributed by atoms with Crippen LogP contribution in [0.4, 0.5) is 14.9 Å². The smallest absolute Gasteiger partial charge is 0.415 e. The van der Waals surface area contributed by atoms with Crippen molar-refractivity contribution in [3.63, 3.8) is 0 Å². The number of likely N-dealkylation sites (N-methyl/N-ethyl adjacent to an activating group) is 1. The van der Waals surface area contributed by atoms with E-state index < -0.39 is 23.5 Å². The van der Waals surface area contributed by atoms with Gasteiger partial charge in [-0.2, -0.15) is 0 Å². The minimum absolute atomic E-state index is 0.0338. The first-order valence-electron chi connectivity index (χ1n) is 12.8. The predicted octanol–water partition coefficient (Wildman–Crippen LogP) is 2.01. The zero-order valence-electron chi connectivity index (χ0n) is 21.8. The molecule has 0 aliphatic carbocycles. The fourth-order valence-corrected chi connectivity index (χ4v) is 5.56. The van der Waals surface area contributed by atoms with Gasteiger partial charge in [0, 0.05) is 55.8 Å². The number of halogens is 1. The van der Waals surface area contributed by atoms with Crippen molar-refractivity contribution in [2.75, 3.05) is 45.6 Å². The summed E-state index contributed by atoms with van der Waals surface area (Å²) in [4.78, 5) is 46.9. The van der Waals surface area contributed by atoms with E-state index >= 15 is 4.39 Å². The fourth-order valence-electron chi connectivity index (χ4n) is 5.56. The number of hydrogen-bond acceptors (Lipinski definition) is 9. The van der Waals surface area contributed by atoms with E-state index in [9.17, 15) is 19.5 Å². The van der Waals surface area contributed by atoms with Gasteiger partial charge < -0.3 is 34.3 Å². The normalized spacial score (nSPS) is 20.3. The van der Waals surface area contributed by atoms with Gasteiger partial charge in [0.1, 0.15) is 6.61 Å². The number of piperazine rings is 1. The van der Waals surface area contributed by atoms with Crippen molar-refractivity contribution in [3.8, 4) is 17.1 Å². The number of aromatic nitrogens is 2. The Morgan fingerprint density at radius 2 is 1.97 bits per heavy atom. The highest BCUT2D eigenvalue weighted by molar-refractivity contribution is 5.98. The first kappa shape index (κ1) is 25.3. The minimum atomic E-state index is -1.93. The molecule has 6 rings (SSSR count). The summed E-state index contributed by atoms with van der Waals surface area (Å²) in [6, 6.07) is 4.59. The minimum Gasteiger partial charge on any atom is -0.458 e. The van der Waals surface area contributed by atoms with Gasteiger partial charge in [0.2, 0.25) is 0 Å². The summed E-state index contributed by atoms with van der Waals surface area (Å²) in [5.74, 6) is -1.78. The van der Waals surface area contributed by atoms with Crippen LogP contribution in [-0.4, -0.2) is 76.8 Å². The van der Waals surface area contributed by atoms with Gasteiger partial charge >= 0.3 is 12.1 Å². The molecule has 204 valence electrons. The molecule has 1 atom stereocenters. The fraction of sp³-hybridized carbons (Fsp3) is 0.407. The first-order valence-corrected chi connectivity index (χ1v) is 12.8. The van der Waals surface area contributed by atoms with Gasteiger partial charge in [0.25, 0.3) is 5.56 Å². The van der Waals surface area contributed by atoms with Crippen LogP contribution in [-0.2, 0) is 28.3 Å². The Labute approximate surface area is 222 Å². The van der Waals surface area contributed by atoms with Crippen molar-refractivity contribution < 1.29 is 28.6 Å². The standard InChI is InChI=1S/C27H28FN5O6/c1-4-27(37)17-10-20-21-14(12-33(20)24(34)16(17)13-38-25(27)35)9-15-19(30-21)11-18(28)23(22(15)29-2)39-26(36)32-7-5-31(3)6-8-32/h9-11,29,37H,4-8,12-13H2,1-3H3/t27-/m0/s1. The number of carbonyl (C=O) groups excluding carboxylic acids is 2. The van der Waals surface area contributed by atoms with Crippen molar-refractivity contribution in [3.05, 3.63) is 51.1 Å². The second-order valence-electron chi connectivity index (χ2n) is 10.1. The van der Waals surface area contributed by atoms with Gasteiger partial charge in [-0.3, -0.25) is 4.79 Å². The third kappa shape index (κ3) is 3.77. The van der Waals surface area contributed by atoms with Crippen molar-refractivity contribution >= 4 is 28.7 Å². The number of amides is 1. The Balaban J connectivity index is 1.44. The van der Waals surface area contributed by atoms with Crippen LogP contribution in [0.3, 0.4) is 0 Å². The molecule has 0 bridgehead atoms. The van der Waals surface area contributed by atoms with Crippen LogP contribution in [0, 0.1) is 5.82 Å². The van der Waals surface area contributed by atoms with Crippen LogP contribution in [0.5, 0.6) is 5.75 Å². The largest absolute Gasteiger partial charge is 0.458 e. The Kier molecular flexibility index (Phi) is 5.84. The summed E-state index contributed by atoms with van der Waals surface area (Å²) in [6.07, 6.45) is -0.594. The van der Waals surface area contributed by atoms with E-state index in [1.807, 2.05) is 7.05 Å². The molecule has 39 heavy (non-hydrogen) atoms. The summed E-state index contributed by atoms with van der Waals surface area (Å²) in [5, 5.41) is 14.5. The molecule has 11 nitrogen and oxygen atoms in total. The first-order chi connectivity index (χ1) is 18.7. The van der Waals surface area contributed by atoms with E-state index in [4.69, 9.17) is 9.47 Å². The number of esters is 1. The van der Waals surface area contributed by atoms with Crippen LogP contribution in [0.15, 0.2) is 23.0 Å². The summed E-state index contributed by atoms with van der Waals surface area (Å²) in [6.45, 7) is 3.96. The van der Waals surface area contributed by atoms with Gasteiger partial charge in [0.05, 0.1) is 34.7 Å². The average molecular weight is 538 g/mol. The van der Waals surface area contributed by atoms with Crippen LogP contribution in [0.2, 0.25) is 0 Å². The van der Waals surface area contributed by atoms with Crippen molar-refractivity contribution in [2.45, 2.75) is 32.1 Å². The van der Waals surface area contributed by atoms with Crippen LogP contribution in [0.25, 0.3) is 22.3 Å². The number of carbonyl (C=O) groups is 2. The van der Waals surface area contributed by atoms with Crippen molar-refractivity contribution in [1.29, 1.82) is 0 Å². The lowest BCUT2D eigenvalue weighted by Gasteiger charge is -2.31. The quantitative estimate of drug-likeness (QED) is 0.378. The average Bonchev–Trinajstić information content (AvgIpc) is 3.28. The van der Waals surface area contributed by atoms with E-state index in [-0.39, 0.29) is 47.7 Å². The lowest BCUT2D eigenvalue weighted by Crippen LogP contribution is -2.48. The van der Waals surface area contributed by atoms with Crippen molar-refractivity contribution in [1.82, 2.24) is 19.4 Å². The molecular weight excluding hydrogens is 509 g/mol. The predicted molar refractivity (Wildman–Crippen MR) is 139 cm³/mol. The highest BCUT2D eigenvalue weighted by Gasteiger charge is 2.45. The summed E-state index contributed by atoms with van der Waals surface area (Å²) >= 11 is 0. The molecule has 12 heteroatoms. The van der Waals surface area contributed by atoms with Gasteiger partial charge in [-0.25, -0.2) is 19.0 Å². The number of ether oxygens (including phenoxy) is 2. The van der Waals surface area contributed by atoms with Gasteiger partial charge in [-0.15, -0.1) is 0 Å². The summed E-state index contributed by atoms with van der Waals surface area (Å²) in [5.41, 5.74) is 0.233. The molecule has 3 aliphatic heterocycles. The molecule has 0 spiro atoms. The molecule has 1 saturated heterocycles. The van der Waals surface area contributed by atoms with Gasteiger partial charge in [-0.05, 0) is 25.6 Å². The Morgan fingerprint density at radius 3 is 2.67 bits per heavy atom. The maximum Gasteiger partial charge on any atom is 0.415 e.